The Kier molecular flexibility index (Phi) is 4.97. The van der Waals surface area contributed by atoms with E-state index in [1.165, 1.54) is 0 Å². The highest BCUT2D eigenvalue weighted by Crippen LogP contribution is 2.15. The van der Waals surface area contributed by atoms with E-state index >= 15 is 0 Å². The van der Waals surface area contributed by atoms with Crippen LogP contribution in [-0.4, -0.2) is 23.7 Å². The molecule has 1 atom stereocenters. The number of amides is 1. The van der Waals surface area contributed by atoms with Gasteiger partial charge in [0.2, 0.25) is 0 Å². The Morgan fingerprint density at radius 2 is 2.06 bits per heavy atom. The molecular weight excluding hydrogens is 238 g/mol. The minimum atomic E-state index is -0.234. The van der Waals surface area contributed by atoms with Gasteiger partial charge < -0.3 is 10.4 Å². The number of carbonyl (C=O) groups excluding carboxylic acids is 1. The predicted molar refractivity (Wildman–Crippen MR) is 69.4 cm³/mol. The number of aliphatic hydroxyl groups excluding tert-OH is 1. The standard InChI is InChI=1S/C13H18ClNO2/c1-8(2)12(7-16)15-13(17)10-4-9(3)5-11(14)6-10/h4-6,8,12,16H,7H2,1-3H3,(H,15,17)/t12-/m1/s1. The van der Waals surface area contributed by atoms with Crippen LogP contribution in [0.15, 0.2) is 18.2 Å². The number of aryl methyl sites for hydroxylation is 1. The largest absolute Gasteiger partial charge is 0.394 e. The fourth-order valence-electron chi connectivity index (χ4n) is 1.54. The lowest BCUT2D eigenvalue weighted by molar-refractivity contribution is 0.0897. The van der Waals surface area contributed by atoms with Crippen LogP contribution in [0.25, 0.3) is 0 Å². The first-order chi connectivity index (χ1) is 7.93. The van der Waals surface area contributed by atoms with E-state index in [2.05, 4.69) is 5.32 Å². The van der Waals surface area contributed by atoms with Crippen LogP contribution in [0.5, 0.6) is 0 Å². The van der Waals surface area contributed by atoms with Crippen LogP contribution >= 0.6 is 11.6 Å². The van der Waals surface area contributed by atoms with Gasteiger partial charge in [0, 0.05) is 10.6 Å². The number of benzene rings is 1. The van der Waals surface area contributed by atoms with Gasteiger partial charge in [0.15, 0.2) is 0 Å². The Morgan fingerprint density at radius 1 is 1.41 bits per heavy atom. The maximum atomic E-state index is 11.9. The molecule has 0 unspecified atom stereocenters. The van der Waals surface area contributed by atoms with Crippen molar-refractivity contribution < 1.29 is 9.90 Å². The fraction of sp³-hybridized carbons (Fsp3) is 0.462. The zero-order valence-corrected chi connectivity index (χ0v) is 11.1. The Balaban J connectivity index is 2.82. The summed E-state index contributed by atoms with van der Waals surface area (Å²) >= 11 is 5.90. The molecule has 4 heteroatoms. The van der Waals surface area contributed by atoms with Gasteiger partial charge in [-0.15, -0.1) is 0 Å². The SMILES string of the molecule is Cc1cc(Cl)cc(C(=O)N[C@H](CO)C(C)C)c1. The van der Waals surface area contributed by atoms with Gasteiger partial charge in [-0.1, -0.05) is 25.4 Å². The molecular formula is C13H18ClNO2. The van der Waals surface area contributed by atoms with E-state index in [-0.39, 0.29) is 24.5 Å². The molecule has 2 N–H and O–H groups in total. The molecule has 3 nitrogen and oxygen atoms in total. The maximum absolute atomic E-state index is 11.9. The molecule has 0 heterocycles. The second kappa shape index (κ2) is 6.03. The third-order valence-electron chi connectivity index (χ3n) is 2.62. The molecule has 0 spiro atoms. The first kappa shape index (κ1) is 14.0. The molecule has 0 radical (unpaired) electrons. The van der Waals surface area contributed by atoms with Crippen molar-refractivity contribution in [2.75, 3.05) is 6.61 Å². The average Bonchev–Trinajstić information content (AvgIpc) is 2.23. The Hall–Kier alpha value is -1.06. The zero-order chi connectivity index (χ0) is 13.0. The molecule has 0 saturated heterocycles. The van der Waals surface area contributed by atoms with Crippen molar-refractivity contribution >= 4 is 17.5 Å². The summed E-state index contributed by atoms with van der Waals surface area (Å²) < 4.78 is 0. The zero-order valence-electron chi connectivity index (χ0n) is 10.3. The van der Waals surface area contributed by atoms with Gasteiger partial charge in [-0.3, -0.25) is 4.79 Å². The van der Waals surface area contributed by atoms with Gasteiger partial charge in [-0.05, 0) is 36.6 Å². The van der Waals surface area contributed by atoms with E-state index < -0.39 is 0 Å². The highest BCUT2D eigenvalue weighted by atomic mass is 35.5. The van der Waals surface area contributed by atoms with E-state index in [4.69, 9.17) is 16.7 Å². The maximum Gasteiger partial charge on any atom is 0.251 e. The molecule has 0 bridgehead atoms. The highest BCUT2D eigenvalue weighted by Gasteiger charge is 2.16. The lowest BCUT2D eigenvalue weighted by Gasteiger charge is -2.20. The number of halogens is 1. The topological polar surface area (TPSA) is 49.3 Å². The lowest BCUT2D eigenvalue weighted by atomic mass is 10.0. The molecule has 94 valence electrons. The van der Waals surface area contributed by atoms with E-state index in [0.717, 1.165) is 5.56 Å². The summed E-state index contributed by atoms with van der Waals surface area (Å²) in [5.41, 5.74) is 1.46. The highest BCUT2D eigenvalue weighted by molar-refractivity contribution is 6.31. The number of aliphatic hydroxyl groups is 1. The predicted octanol–water partition coefficient (Wildman–Crippen LogP) is 2.40. The monoisotopic (exact) mass is 255 g/mol. The molecule has 1 aromatic carbocycles. The number of hydrogen-bond acceptors (Lipinski definition) is 2. The first-order valence-electron chi connectivity index (χ1n) is 5.63. The molecule has 0 aliphatic rings. The van der Waals surface area contributed by atoms with Crippen LogP contribution in [0.2, 0.25) is 5.02 Å². The third kappa shape index (κ3) is 4.02. The van der Waals surface area contributed by atoms with Crippen molar-refractivity contribution in [3.63, 3.8) is 0 Å². The summed E-state index contributed by atoms with van der Waals surface area (Å²) in [5, 5.41) is 12.5. The molecule has 0 aromatic heterocycles. The summed E-state index contributed by atoms with van der Waals surface area (Å²) in [6, 6.07) is 4.96. The molecule has 0 aliphatic carbocycles. The van der Waals surface area contributed by atoms with Gasteiger partial charge in [0.25, 0.3) is 5.91 Å². The first-order valence-corrected chi connectivity index (χ1v) is 6.00. The van der Waals surface area contributed by atoms with Crippen LogP contribution in [0.3, 0.4) is 0 Å². The number of hydrogen-bond donors (Lipinski definition) is 2. The minimum absolute atomic E-state index is 0.0665. The van der Waals surface area contributed by atoms with Crippen LogP contribution in [0.1, 0.15) is 29.8 Å². The molecule has 1 aromatic rings. The number of nitrogens with one attached hydrogen (secondary N) is 1. The van der Waals surface area contributed by atoms with Crippen molar-refractivity contribution in [3.05, 3.63) is 34.3 Å². The number of carbonyl (C=O) groups is 1. The molecule has 1 amide bonds. The second-order valence-corrected chi connectivity index (χ2v) is 4.96. The van der Waals surface area contributed by atoms with Crippen molar-refractivity contribution in [1.82, 2.24) is 5.32 Å². The van der Waals surface area contributed by atoms with Crippen molar-refractivity contribution in [1.29, 1.82) is 0 Å². The van der Waals surface area contributed by atoms with Crippen molar-refractivity contribution in [2.24, 2.45) is 5.92 Å². The number of rotatable bonds is 4. The molecule has 0 fully saturated rings. The van der Waals surface area contributed by atoms with Crippen molar-refractivity contribution in [3.8, 4) is 0 Å². The lowest BCUT2D eigenvalue weighted by Crippen LogP contribution is -2.41. The van der Waals surface area contributed by atoms with E-state index in [9.17, 15) is 4.79 Å². The van der Waals surface area contributed by atoms with Crippen LogP contribution in [0.4, 0.5) is 0 Å². The van der Waals surface area contributed by atoms with Crippen molar-refractivity contribution in [2.45, 2.75) is 26.8 Å². The summed E-state index contributed by atoms with van der Waals surface area (Å²) in [7, 11) is 0. The van der Waals surface area contributed by atoms with Crippen LogP contribution < -0.4 is 5.32 Å². The normalized spacial score (nSPS) is 12.6. The van der Waals surface area contributed by atoms with Gasteiger partial charge in [0.05, 0.1) is 12.6 Å². The molecule has 17 heavy (non-hydrogen) atoms. The molecule has 1 rings (SSSR count). The van der Waals surface area contributed by atoms with Gasteiger partial charge in [-0.25, -0.2) is 0 Å². The Labute approximate surface area is 107 Å². The summed E-state index contributed by atoms with van der Waals surface area (Å²) in [5.74, 6) is -0.0208. The third-order valence-corrected chi connectivity index (χ3v) is 2.84. The second-order valence-electron chi connectivity index (χ2n) is 4.52. The van der Waals surface area contributed by atoms with E-state index in [1.807, 2.05) is 20.8 Å². The van der Waals surface area contributed by atoms with Gasteiger partial charge >= 0.3 is 0 Å². The van der Waals surface area contributed by atoms with Gasteiger partial charge in [-0.2, -0.15) is 0 Å². The summed E-state index contributed by atoms with van der Waals surface area (Å²) in [4.78, 5) is 11.9. The van der Waals surface area contributed by atoms with Crippen LogP contribution in [-0.2, 0) is 0 Å². The Morgan fingerprint density at radius 3 is 2.53 bits per heavy atom. The van der Waals surface area contributed by atoms with E-state index in [0.29, 0.717) is 10.6 Å². The minimum Gasteiger partial charge on any atom is -0.394 e. The van der Waals surface area contributed by atoms with Gasteiger partial charge in [0.1, 0.15) is 0 Å². The summed E-state index contributed by atoms with van der Waals surface area (Å²) in [6.07, 6.45) is 0. The Bertz CT molecular complexity index is 384. The van der Waals surface area contributed by atoms with E-state index in [1.54, 1.807) is 18.2 Å². The smallest absolute Gasteiger partial charge is 0.251 e. The average molecular weight is 256 g/mol. The summed E-state index contributed by atoms with van der Waals surface area (Å²) in [6.45, 7) is 5.71. The molecule has 0 saturated carbocycles. The fourth-order valence-corrected chi connectivity index (χ4v) is 1.83. The molecule has 0 aliphatic heterocycles. The van der Waals surface area contributed by atoms with Crippen LogP contribution in [0, 0.1) is 12.8 Å². The quantitative estimate of drug-likeness (QED) is 0.868.